The van der Waals surface area contributed by atoms with Crippen LogP contribution in [0.1, 0.15) is 25.7 Å². The topological polar surface area (TPSA) is 42.0 Å². The smallest absolute Gasteiger partial charge is 0.253 e. The first-order valence-corrected chi connectivity index (χ1v) is 7.41. The molecule has 1 aliphatic carbocycles. The van der Waals surface area contributed by atoms with Gasteiger partial charge in [0.05, 0.1) is 18.8 Å². The number of amides is 1. The number of carbonyl (C=O) groups is 1. The van der Waals surface area contributed by atoms with Gasteiger partial charge < -0.3 is 19.3 Å². The van der Waals surface area contributed by atoms with Crippen molar-refractivity contribution in [3.63, 3.8) is 0 Å². The molecule has 3 aliphatic rings. The number of morpholine rings is 2. The average molecular weight is 268 g/mol. The number of hydrogen-bond donors (Lipinski definition) is 0. The maximum Gasteiger partial charge on any atom is 0.253 e. The summed E-state index contributed by atoms with van der Waals surface area (Å²) >= 11 is 0. The highest BCUT2D eigenvalue weighted by Gasteiger charge is 2.42. The van der Waals surface area contributed by atoms with Crippen molar-refractivity contribution in [1.29, 1.82) is 0 Å². The zero-order chi connectivity index (χ0) is 13.3. The minimum atomic E-state index is -0.282. The molecule has 1 atom stereocenters. The average Bonchev–Trinajstić information content (AvgIpc) is 2.86. The molecule has 0 N–H and O–H groups in total. The summed E-state index contributed by atoms with van der Waals surface area (Å²) in [5.41, 5.74) is -0.0471. The van der Waals surface area contributed by atoms with Gasteiger partial charge in [0.25, 0.3) is 5.91 Å². The van der Waals surface area contributed by atoms with Gasteiger partial charge in [0, 0.05) is 26.2 Å². The Morgan fingerprint density at radius 2 is 2.00 bits per heavy atom. The number of rotatable bonds is 1. The van der Waals surface area contributed by atoms with Crippen LogP contribution in [0.5, 0.6) is 0 Å². The summed E-state index contributed by atoms with van der Waals surface area (Å²) in [6, 6.07) is 0. The summed E-state index contributed by atoms with van der Waals surface area (Å²) in [5, 5.41) is 0. The Bertz CT molecular complexity index is 342. The Hall–Kier alpha value is -0.650. The third-order valence-electron chi connectivity index (χ3n) is 4.62. The molecule has 0 aromatic rings. The van der Waals surface area contributed by atoms with Crippen LogP contribution in [0.3, 0.4) is 0 Å². The van der Waals surface area contributed by atoms with Crippen LogP contribution in [0.25, 0.3) is 0 Å². The van der Waals surface area contributed by atoms with Crippen LogP contribution >= 0.6 is 0 Å². The lowest BCUT2D eigenvalue weighted by molar-refractivity contribution is -0.164. The van der Waals surface area contributed by atoms with Gasteiger partial charge in [-0.3, -0.25) is 4.79 Å². The summed E-state index contributed by atoms with van der Waals surface area (Å²) < 4.78 is 11.6. The first-order chi connectivity index (χ1) is 9.19. The fourth-order valence-corrected chi connectivity index (χ4v) is 3.49. The van der Waals surface area contributed by atoms with Gasteiger partial charge in [-0.05, 0) is 19.9 Å². The Balaban J connectivity index is 1.62. The lowest BCUT2D eigenvalue weighted by atomic mass is 9.99. The summed E-state index contributed by atoms with van der Waals surface area (Å²) in [4.78, 5) is 16.7. The van der Waals surface area contributed by atoms with E-state index in [0.29, 0.717) is 26.3 Å². The normalized spacial score (nSPS) is 31.8. The van der Waals surface area contributed by atoms with Gasteiger partial charge in [-0.25, -0.2) is 0 Å². The zero-order valence-electron chi connectivity index (χ0n) is 11.8. The van der Waals surface area contributed by atoms with E-state index >= 15 is 0 Å². The van der Waals surface area contributed by atoms with Gasteiger partial charge in [-0.1, -0.05) is 12.8 Å². The molecule has 0 aromatic heterocycles. The minimum Gasteiger partial charge on any atom is -0.371 e. The summed E-state index contributed by atoms with van der Waals surface area (Å²) in [6.45, 7) is 4.43. The van der Waals surface area contributed by atoms with Crippen LogP contribution in [0.15, 0.2) is 0 Å². The zero-order valence-corrected chi connectivity index (χ0v) is 11.8. The number of hydrogen-bond acceptors (Lipinski definition) is 4. The Kier molecular flexibility index (Phi) is 3.78. The molecule has 3 fully saturated rings. The van der Waals surface area contributed by atoms with Crippen molar-refractivity contribution in [2.45, 2.75) is 37.4 Å². The molecule has 0 bridgehead atoms. The second-order valence-electron chi connectivity index (χ2n) is 6.12. The van der Waals surface area contributed by atoms with E-state index in [1.807, 2.05) is 11.9 Å². The first-order valence-electron chi connectivity index (χ1n) is 7.41. The predicted molar refractivity (Wildman–Crippen MR) is 71.0 cm³/mol. The van der Waals surface area contributed by atoms with Crippen LogP contribution in [-0.4, -0.2) is 73.9 Å². The fraction of sp³-hybridized carbons (Fsp3) is 0.929. The van der Waals surface area contributed by atoms with E-state index in [0.717, 1.165) is 25.9 Å². The molecule has 1 amide bonds. The van der Waals surface area contributed by atoms with E-state index in [9.17, 15) is 4.79 Å². The Morgan fingerprint density at radius 1 is 1.21 bits per heavy atom. The summed E-state index contributed by atoms with van der Waals surface area (Å²) in [6.07, 6.45) is 4.37. The highest BCUT2D eigenvalue weighted by atomic mass is 16.5. The maximum absolute atomic E-state index is 12.6. The molecule has 2 saturated heterocycles. The molecule has 108 valence electrons. The molecule has 5 heteroatoms. The first kappa shape index (κ1) is 13.3. The summed E-state index contributed by atoms with van der Waals surface area (Å²) in [7, 11) is 2.04. The van der Waals surface area contributed by atoms with E-state index in [-0.39, 0.29) is 17.6 Å². The molecular weight excluding hydrogens is 244 g/mol. The van der Waals surface area contributed by atoms with E-state index in [1.165, 1.54) is 12.8 Å². The largest absolute Gasteiger partial charge is 0.371 e. The predicted octanol–water partition coefficient (Wildman–Crippen LogP) is 0.489. The molecular formula is C14H24N2O3. The highest BCUT2D eigenvalue weighted by Crippen LogP contribution is 2.36. The Morgan fingerprint density at radius 3 is 2.74 bits per heavy atom. The minimum absolute atomic E-state index is 0.0471. The monoisotopic (exact) mass is 268 g/mol. The van der Waals surface area contributed by atoms with Crippen LogP contribution < -0.4 is 0 Å². The summed E-state index contributed by atoms with van der Waals surface area (Å²) in [5.74, 6) is 0.154. The number of nitrogens with zero attached hydrogens (tertiary/aromatic N) is 2. The van der Waals surface area contributed by atoms with Crippen molar-refractivity contribution >= 4 is 5.91 Å². The lowest BCUT2D eigenvalue weighted by Gasteiger charge is -2.42. The molecule has 1 spiro atoms. The van der Waals surface area contributed by atoms with E-state index < -0.39 is 0 Å². The third-order valence-corrected chi connectivity index (χ3v) is 4.62. The standard InChI is InChI=1S/C14H24N2O3/c1-15-6-8-18-12(10-15)13(17)16-7-9-19-14(11-16)4-2-3-5-14/h12H,2-11H2,1H3/t12-/m1/s1. The molecule has 0 unspecified atom stereocenters. The van der Waals surface area contributed by atoms with Crippen molar-refractivity contribution in [2.75, 3.05) is 46.4 Å². The van der Waals surface area contributed by atoms with Gasteiger partial charge in [0.15, 0.2) is 0 Å². The third kappa shape index (κ3) is 2.78. The van der Waals surface area contributed by atoms with Crippen LogP contribution in [0.4, 0.5) is 0 Å². The molecule has 2 aliphatic heterocycles. The number of ether oxygens (including phenoxy) is 2. The van der Waals surface area contributed by atoms with Crippen LogP contribution in [-0.2, 0) is 14.3 Å². The van der Waals surface area contributed by atoms with Gasteiger partial charge >= 0.3 is 0 Å². The number of carbonyl (C=O) groups excluding carboxylic acids is 1. The van der Waals surface area contributed by atoms with Crippen molar-refractivity contribution in [3.05, 3.63) is 0 Å². The molecule has 0 aromatic carbocycles. The Labute approximate surface area is 114 Å². The van der Waals surface area contributed by atoms with Crippen molar-refractivity contribution < 1.29 is 14.3 Å². The second-order valence-corrected chi connectivity index (χ2v) is 6.12. The van der Waals surface area contributed by atoms with E-state index in [1.54, 1.807) is 0 Å². The van der Waals surface area contributed by atoms with E-state index in [4.69, 9.17) is 9.47 Å². The van der Waals surface area contributed by atoms with Crippen LogP contribution in [0, 0.1) is 0 Å². The molecule has 0 radical (unpaired) electrons. The van der Waals surface area contributed by atoms with Crippen LogP contribution in [0.2, 0.25) is 0 Å². The molecule has 3 rings (SSSR count). The fourth-order valence-electron chi connectivity index (χ4n) is 3.49. The molecule has 1 saturated carbocycles. The lowest BCUT2D eigenvalue weighted by Crippen LogP contribution is -2.57. The molecule has 2 heterocycles. The van der Waals surface area contributed by atoms with Gasteiger partial charge in [0.2, 0.25) is 0 Å². The quantitative estimate of drug-likeness (QED) is 0.694. The maximum atomic E-state index is 12.6. The molecule has 19 heavy (non-hydrogen) atoms. The van der Waals surface area contributed by atoms with E-state index in [2.05, 4.69) is 4.90 Å². The SMILES string of the molecule is CN1CCO[C@@H](C(=O)N2CCOC3(CCCC3)C2)C1. The van der Waals surface area contributed by atoms with Gasteiger partial charge in [-0.15, -0.1) is 0 Å². The second kappa shape index (κ2) is 5.38. The van der Waals surface area contributed by atoms with Crippen molar-refractivity contribution in [2.24, 2.45) is 0 Å². The van der Waals surface area contributed by atoms with Crippen molar-refractivity contribution in [1.82, 2.24) is 9.80 Å². The van der Waals surface area contributed by atoms with Gasteiger partial charge in [0.1, 0.15) is 6.10 Å². The highest BCUT2D eigenvalue weighted by molar-refractivity contribution is 5.81. The number of likely N-dealkylation sites (N-methyl/N-ethyl adjacent to an activating group) is 1. The van der Waals surface area contributed by atoms with Gasteiger partial charge in [-0.2, -0.15) is 0 Å². The molecule has 5 nitrogen and oxygen atoms in total. The van der Waals surface area contributed by atoms with Crippen molar-refractivity contribution in [3.8, 4) is 0 Å².